The molecule has 0 heterocycles. The lowest BCUT2D eigenvalue weighted by atomic mass is 10.1. The number of ketones is 1. The predicted octanol–water partition coefficient (Wildman–Crippen LogP) is 3.03. The highest BCUT2D eigenvalue weighted by atomic mass is 16.5. The van der Waals surface area contributed by atoms with Crippen molar-refractivity contribution in [2.24, 2.45) is 0 Å². The van der Waals surface area contributed by atoms with Crippen molar-refractivity contribution in [1.82, 2.24) is 0 Å². The first kappa shape index (κ1) is 15.9. The van der Waals surface area contributed by atoms with E-state index in [2.05, 4.69) is 0 Å². The monoisotopic (exact) mass is 302 g/mol. The van der Waals surface area contributed by atoms with Gasteiger partial charge in [-0.3, -0.25) is 4.79 Å². The molecular weight excluding hydrogens is 284 g/mol. The SMILES string of the molecule is COCc1cc(O)cc(COc2cc(O)ccc2C(C)=O)c1. The molecule has 2 aromatic rings. The highest BCUT2D eigenvalue weighted by molar-refractivity contribution is 5.97. The van der Waals surface area contributed by atoms with Gasteiger partial charge in [-0.25, -0.2) is 0 Å². The number of Topliss-reactive ketones (excluding diaryl/α,β-unsaturated/α-hetero) is 1. The van der Waals surface area contributed by atoms with E-state index in [4.69, 9.17) is 9.47 Å². The molecule has 0 aliphatic rings. The van der Waals surface area contributed by atoms with Crippen molar-refractivity contribution in [1.29, 1.82) is 0 Å². The van der Waals surface area contributed by atoms with Crippen LogP contribution < -0.4 is 4.74 Å². The van der Waals surface area contributed by atoms with E-state index < -0.39 is 0 Å². The second-order valence-corrected chi connectivity index (χ2v) is 4.97. The smallest absolute Gasteiger partial charge is 0.163 e. The second kappa shape index (κ2) is 6.95. The number of benzene rings is 2. The molecule has 0 atom stereocenters. The van der Waals surface area contributed by atoms with Gasteiger partial charge in [0.15, 0.2) is 5.78 Å². The number of phenolic OH excluding ortho intramolecular Hbond substituents is 2. The van der Waals surface area contributed by atoms with Crippen LogP contribution in [0.15, 0.2) is 36.4 Å². The van der Waals surface area contributed by atoms with E-state index in [0.29, 0.717) is 17.9 Å². The van der Waals surface area contributed by atoms with E-state index in [1.54, 1.807) is 19.2 Å². The molecule has 116 valence electrons. The first-order valence-corrected chi connectivity index (χ1v) is 6.77. The molecule has 0 unspecified atom stereocenters. The molecule has 0 radical (unpaired) electrons. The molecule has 22 heavy (non-hydrogen) atoms. The summed E-state index contributed by atoms with van der Waals surface area (Å²) in [6.45, 7) is 1.98. The van der Waals surface area contributed by atoms with Gasteiger partial charge >= 0.3 is 0 Å². The number of hydrogen-bond acceptors (Lipinski definition) is 5. The Morgan fingerprint density at radius 1 is 1.00 bits per heavy atom. The van der Waals surface area contributed by atoms with Gasteiger partial charge in [0.1, 0.15) is 23.9 Å². The fourth-order valence-electron chi connectivity index (χ4n) is 2.16. The third kappa shape index (κ3) is 3.99. The van der Waals surface area contributed by atoms with Crippen LogP contribution in [0.5, 0.6) is 17.2 Å². The third-order valence-electron chi connectivity index (χ3n) is 3.09. The highest BCUT2D eigenvalue weighted by Crippen LogP contribution is 2.26. The highest BCUT2D eigenvalue weighted by Gasteiger charge is 2.10. The molecule has 0 spiro atoms. The van der Waals surface area contributed by atoms with Crippen molar-refractivity contribution >= 4 is 5.78 Å². The summed E-state index contributed by atoms with van der Waals surface area (Å²) in [6, 6.07) is 9.40. The van der Waals surface area contributed by atoms with Gasteiger partial charge in [0.2, 0.25) is 0 Å². The Balaban J connectivity index is 2.19. The van der Waals surface area contributed by atoms with E-state index in [-0.39, 0.29) is 23.9 Å². The second-order valence-electron chi connectivity index (χ2n) is 4.97. The van der Waals surface area contributed by atoms with Gasteiger partial charge in [-0.15, -0.1) is 0 Å². The van der Waals surface area contributed by atoms with Crippen LogP contribution in [0.25, 0.3) is 0 Å². The van der Waals surface area contributed by atoms with Crippen LogP contribution >= 0.6 is 0 Å². The Bertz CT molecular complexity index is 679. The van der Waals surface area contributed by atoms with Crippen LogP contribution in [-0.2, 0) is 18.0 Å². The van der Waals surface area contributed by atoms with Crippen LogP contribution in [0.1, 0.15) is 28.4 Å². The van der Waals surface area contributed by atoms with E-state index in [0.717, 1.165) is 11.1 Å². The Labute approximate surface area is 128 Å². The molecule has 0 saturated carbocycles. The number of phenols is 2. The number of methoxy groups -OCH3 is 1. The maximum absolute atomic E-state index is 11.6. The van der Waals surface area contributed by atoms with E-state index >= 15 is 0 Å². The summed E-state index contributed by atoms with van der Waals surface area (Å²) in [5.74, 6) is 0.307. The molecule has 0 amide bonds. The number of hydrogen-bond donors (Lipinski definition) is 2. The predicted molar refractivity (Wildman–Crippen MR) is 81.3 cm³/mol. The fourth-order valence-corrected chi connectivity index (χ4v) is 2.16. The summed E-state index contributed by atoms with van der Waals surface area (Å²) in [5, 5.41) is 19.2. The molecule has 5 heteroatoms. The lowest BCUT2D eigenvalue weighted by Gasteiger charge is -2.11. The lowest BCUT2D eigenvalue weighted by Crippen LogP contribution is -2.02. The summed E-state index contributed by atoms with van der Waals surface area (Å²) < 4.78 is 10.7. The normalized spacial score (nSPS) is 10.5. The van der Waals surface area contributed by atoms with Crippen LogP contribution in [-0.4, -0.2) is 23.1 Å². The maximum atomic E-state index is 11.6. The number of carbonyl (C=O) groups excluding carboxylic acids is 1. The summed E-state index contributed by atoms with van der Waals surface area (Å²) in [4.78, 5) is 11.6. The van der Waals surface area contributed by atoms with Crippen molar-refractivity contribution in [2.75, 3.05) is 7.11 Å². The van der Waals surface area contributed by atoms with Gasteiger partial charge in [0, 0.05) is 13.2 Å². The van der Waals surface area contributed by atoms with Gasteiger partial charge in [0.25, 0.3) is 0 Å². The molecule has 0 saturated heterocycles. The summed E-state index contributed by atoms with van der Waals surface area (Å²) >= 11 is 0. The zero-order valence-electron chi connectivity index (χ0n) is 12.5. The van der Waals surface area contributed by atoms with Crippen LogP contribution in [0.4, 0.5) is 0 Å². The van der Waals surface area contributed by atoms with Crippen LogP contribution in [0, 0.1) is 0 Å². The maximum Gasteiger partial charge on any atom is 0.163 e. The van der Waals surface area contributed by atoms with Gasteiger partial charge in [-0.05, 0) is 48.4 Å². The minimum absolute atomic E-state index is 0.0241. The first-order valence-electron chi connectivity index (χ1n) is 6.77. The minimum Gasteiger partial charge on any atom is -0.508 e. The fraction of sp³-hybridized carbons (Fsp3) is 0.235. The molecule has 2 N–H and O–H groups in total. The average Bonchev–Trinajstić information content (AvgIpc) is 2.44. The van der Waals surface area contributed by atoms with Crippen LogP contribution in [0.2, 0.25) is 0 Å². The molecule has 0 aliphatic heterocycles. The summed E-state index contributed by atoms with van der Waals surface area (Å²) in [7, 11) is 1.58. The summed E-state index contributed by atoms with van der Waals surface area (Å²) in [6.07, 6.45) is 0. The molecule has 2 aromatic carbocycles. The van der Waals surface area contributed by atoms with Crippen LogP contribution in [0.3, 0.4) is 0 Å². The van der Waals surface area contributed by atoms with Crippen molar-refractivity contribution < 1.29 is 24.5 Å². The zero-order valence-corrected chi connectivity index (χ0v) is 12.5. The van der Waals surface area contributed by atoms with Gasteiger partial charge < -0.3 is 19.7 Å². The van der Waals surface area contributed by atoms with Gasteiger partial charge in [0.05, 0.1) is 12.2 Å². The molecule has 2 rings (SSSR count). The van der Waals surface area contributed by atoms with Crippen molar-refractivity contribution in [3.8, 4) is 17.2 Å². The molecule has 0 bridgehead atoms. The topological polar surface area (TPSA) is 76.0 Å². The molecule has 0 aromatic heterocycles. The molecular formula is C17H18O5. The first-order chi connectivity index (χ1) is 10.5. The van der Waals surface area contributed by atoms with E-state index in [9.17, 15) is 15.0 Å². The van der Waals surface area contributed by atoms with Crippen molar-refractivity contribution in [2.45, 2.75) is 20.1 Å². The molecule has 0 fully saturated rings. The third-order valence-corrected chi connectivity index (χ3v) is 3.09. The Morgan fingerprint density at radius 3 is 2.32 bits per heavy atom. The minimum atomic E-state index is -0.147. The lowest BCUT2D eigenvalue weighted by molar-refractivity contribution is 0.101. The Kier molecular flexibility index (Phi) is 5.01. The Hall–Kier alpha value is -2.53. The average molecular weight is 302 g/mol. The number of carbonyl (C=O) groups is 1. The van der Waals surface area contributed by atoms with Crippen molar-refractivity contribution in [3.05, 3.63) is 53.1 Å². The van der Waals surface area contributed by atoms with Crippen molar-refractivity contribution in [3.63, 3.8) is 0 Å². The number of ether oxygens (including phenoxy) is 2. The molecule has 5 nitrogen and oxygen atoms in total. The number of rotatable bonds is 6. The standard InChI is InChI=1S/C17H18O5/c1-11(18)16-4-3-14(19)8-17(16)22-10-13-5-12(9-21-2)6-15(20)7-13/h3-8,19-20H,9-10H2,1-2H3. The summed E-state index contributed by atoms with van der Waals surface area (Å²) in [5.41, 5.74) is 1.96. The van der Waals surface area contributed by atoms with E-state index in [1.165, 1.54) is 25.1 Å². The molecule has 0 aliphatic carbocycles. The van der Waals surface area contributed by atoms with E-state index in [1.807, 2.05) is 6.07 Å². The quantitative estimate of drug-likeness (QED) is 0.802. The zero-order chi connectivity index (χ0) is 16.1. The van der Waals surface area contributed by atoms with Gasteiger partial charge in [-0.1, -0.05) is 0 Å². The number of aromatic hydroxyl groups is 2. The largest absolute Gasteiger partial charge is 0.508 e. The Morgan fingerprint density at radius 2 is 1.68 bits per heavy atom. The van der Waals surface area contributed by atoms with Gasteiger partial charge in [-0.2, -0.15) is 0 Å².